The van der Waals surface area contributed by atoms with Crippen molar-refractivity contribution in [2.24, 2.45) is 0 Å². The van der Waals surface area contributed by atoms with Crippen LogP contribution in [0.25, 0.3) is 0 Å². The van der Waals surface area contributed by atoms with Crippen molar-refractivity contribution < 1.29 is 92.6 Å². The van der Waals surface area contributed by atoms with Crippen LogP contribution >= 0.6 is 0 Å². The van der Waals surface area contributed by atoms with Crippen molar-refractivity contribution in [1.82, 2.24) is 4.72 Å². The van der Waals surface area contributed by atoms with Crippen LogP contribution in [0.3, 0.4) is 0 Å². The van der Waals surface area contributed by atoms with Gasteiger partial charge in [-0.3, -0.25) is 0 Å². The molecule has 0 radical (unpaired) electrons. The second-order valence-corrected chi connectivity index (χ2v) is 9.63. The molecule has 0 fully saturated rings. The van der Waals surface area contributed by atoms with E-state index >= 15 is 0 Å². The molecular weight excluding hydrogens is 637 g/mol. The number of carbonyl (C=O) groups is 1. The van der Waals surface area contributed by atoms with Crippen molar-refractivity contribution in [2.75, 3.05) is 18.9 Å². The lowest BCUT2D eigenvalue weighted by Gasteiger charge is -2.42. The van der Waals surface area contributed by atoms with Crippen molar-refractivity contribution in [3.63, 3.8) is 0 Å². The van der Waals surface area contributed by atoms with Crippen LogP contribution in [0, 0.1) is 0 Å². The van der Waals surface area contributed by atoms with Gasteiger partial charge in [0.2, 0.25) is 10.0 Å². The highest BCUT2D eigenvalue weighted by atomic mass is 32.2. The first-order valence-corrected chi connectivity index (χ1v) is 11.6. The number of halogens is 17. The van der Waals surface area contributed by atoms with Gasteiger partial charge in [-0.25, -0.2) is 17.9 Å². The maximum atomic E-state index is 14.0. The first-order chi connectivity index (χ1) is 17.3. The van der Waals surface area contributed by atoms with Crippen LogP contribution in [-0.2, 0) is 19.6 Å². The van der Waals surface area contributed by atoms with Gasteiger partial charge in [-0.05, 0) is 6.42 Å². The normalized spacial score (nSPS) is 15.2. The Labute approximate surface area is 212 Å². The first-order valence-electron chi connectivity index (χ1n) is 9.90. The van der Waals surface area contributed by atoms with Crippen molar-refractivity contribution >= 4 is 16.0 Å². The summed E-state index contributed by atoms with van der Waals surface area (Å²) in [6, 6.07) is 0. The molecule has 0 aromatic rings. The van der Waals surface area contributed by atoms with Gasteiger partial charge in [0.05, 0.1) is 5.75 Å². The molecule has 0 atom stereocenters. The molecule has 0 bridgehead atoms. The Bertz CT molecular complexity index is 1040. The van der Waals surface area contributed by atoms with Crippen LogP contribution in [0.15, 0.2) is 12.2 Å². The van der Waals surface area contributed by atoms with Gasteiger partial charge in [-0.15, -0.1) is 0 Å². The maximum absolute atomic E-state index is 14.0. The molecule has 0 aliphatic rings. The molecule has 0 aromatic heterocycles. The van der Waals surface area contributed by atoms with E-state index in [1.165, 1.54) is 0 Å². The van der Waals surface area contributed by atoms with Crippen LogP contribution in [0.2, 0.25) is 0 Å². The van der Waals surface area contributed by atoms with Crippen LogP contribution < -0.4 is 4.72 Å². The quantitative estimate of drug-likeness (QED) is 0.105. The van der Waals surface area contributed by atoms with Crippen molar-refractivity contribution in [2.45, 2.75) is 67.4 Å². The van der Waals surface area contributed by atoms with E-state index in [4.69, 9.17) is 0 Å². The molecule has 0 saturated carbocycles. The summed E-state index contributed by atoms with van der Waals surface area (Å²) in [7, 11) is -4.07. The summed E-state index contributed by atoms with van der Waals surface area (Å²) in [5.74, 6) is -61.8. The van der Waals surface area contributed by atoms with Crippen LogP contribution in [0.1, 0.15) is 19.8 Å². The van der Waals surface area contributed by atoms with Gasteiger partial charge in [0.25, 0.3) is 0 Å². The molecular formula is C17H16F17NO4S. The van der Waals surface area contributed by atoms with E-state index in [0.29, 0.717) is 6.42 Å². The van der Waals surface area contributed by atoms with Gasteiger partial charge < -0.3 is 4.74 Å². The second-order valence-electron chi connectivity index (χ2n) is 7.70. The first kappa shape index (κ1) is 37.9. The molecule has 23 heteroatoms. The van der Waals surface area contributed by atoms with E-state index in [-0.39, 0.29) is 6.42 Å². The number of esters is 1. The minimum atomic E-state index is -8.81. The lowest BCUT2D eigenvalue weighted by Crippen LogP contribution is -2.74. The molecule has 0 heterocycles. The third kappa shape index (κ3) is 6.22. The van der Waals surface area contributed by atoms with Crippen molar-refractivity contribution in [3.05, 3.63) is 12.2 Å². The number of carbonyl (C=O) groups excluding carboxylic acids is 1. The highest BCUT2D eigenvalue weighted by Crippen LogP contribution is 2.64. The van der Waals surface area contributed by atoms with E-state index in [9.17, 15) is 87.8 Å². The topological polar surface area (TPSA) is 72.5 Å². The molecule has 1 N–H and O–H groups in total. The average Bonchev–Trinajstić information content (AvgIpc) is 2.78. The molecule has 5 nitrogen and oxygen atoms in total. The Morgan fingerprint density at radius 3 is 1.45 bits per heavy atom. The number of nitrogens with one attached hydrogen (secondary N) is 1. The molecule has 0 spiro atoms. The molecule has 0 saturated heterocycles. The highest BCUT2D eigenvalue weighted by molar-refractivity contribution is 7.89. The molecule has 0 aliphatic heterocycles. The van der Waals surface area contributed by atoms with Gasteiger partial charge in [-0.1, -0.05) is 19.9 Å². The molecule has 0 aliphatic carbocycles. The van der Waals surface area contributed by atoms with E-state index < -0.39 is 88.1 Å². The fraction of sp³-hybridized carbons (Fsp3) is 0.824. The van der Waals surface area contributed by atoms with E-state index in [1.807, 2.05) is 6.58 Å². The lowest BCUT2D eigenvalue weighted by atomic mass is 9.87. The average molecular weight is 653 g/mol. The van der Waals surface area contributed by atoms with Crippen LogP contribution in [0.4, 0.5) is 74.6 Å². The molecule has 0 rings (SSSR count). The minimum absolute atomic E-state index is 0.0882. The fourth-order valence-corrected chi connectivity index (χ4v) is 3.52. The summed E-state index contributed by atoms with van der Waals surface area (Å²) >= 11 is 0. The van der Waals surface area contributed by atoms with E-state index in [2.05, 4.69) is 4.74 Å². The Kier molecular flexibility index (Phi) is 10.7. The number of alkyl halides is 17. The lowest BCUT2D eigenvalue weighted by molar-refractivity contribution is -0.460. The van der Waals surface area contributed by atoms with Crippen LogP contribution in [0.5, 0.6) is 0 Å². The molecule has 0 unspecified atom stereocenters. The largest absolute Gasteiger partial charge is 0.461 e. The zero-order valence-electron chi connectivity index (χ0n) is 19.2. The number of hydrogen-bond acceptors (Lipinski definition) is 4. The molecule has 238 valence electrons. The van der Waals surface area contributed by atoms with Crippen molar-refractivity contribution in [1.29, 1.82) is 0 Å². The number of hydrogen-bond donors (Lipinski definition) is 1. The Balaban J connectivity index is 6.17. The number of ether oxygens (including phenoxy) is 1. The molecule has 40 heavy (non-hydrogen) atoms. The van der Waals surface area contributed by atoms with Crippen LogP contribution in [-0.4, -0.2) is 80.9 Å². The molecule has 0 amide bonds. The maximum Gasteiger partial charge on any atom is 0.460 e. The number of unbranched alkanes of at least 4 members (excludes halogenated alkanes) is 1. The zero-order chi connectivity index (χ0) is 32.6. The minimum Gasteiger partial charge on any atom is -0.461 e. The smallest absolute Gasteiger partial charge is 0.460 e. The van der Waals surface area contributed by atoms with Crippen molar-refractivity contribution in [3.8, 4) is 0 Å². The highest BCUT2D eigenvalue weighted by Gasteiger charge is 2.95. The SMILES string of the molecule is C=C(C(=O)OCCNS(=O)(=O)CCCC)C(F)(F)C(F)(F)C(F)(F)C(F)(F)C(F)(F)C(F)(F)C(F)(F)C(F)(F)F. The monoisotopic (exact) mass is 653 g/mol. The zero-order valence-corrected chi connectivity index (χ0v) is 20.0. The Hall–Kier alpha value is -2.07. The third-order valence-corrected chi connectivity index (χ3v) is 6.24. The molecule has 0 aromatic carbocycles. The summed E-state index contributed by atoms with van der Waals surface area (Å²) < 4.78 is 254. The summed E-state index contributed by atoms with van der Waals surface area (Å²) in [6.07, 6.45) is -7.43. The number of rotatable bonds is 15. The summed E-state index contributed by atoms with van der Waals surface area (Å²) in [6.45, 7) is 1.03. The Morgan fingerprint density at radius 1 is 0.700 bits per heavy atom. The van der Waals surface area contributed by atoms with Gasteiger partial charge in [0.1, 0.15) is 12.2 Å². The second kappa shape index (κ2) is 11.3. The van der Waals surface area contributed by atoms with E-state index in [0.717, 1.165) is 0 Å². The van der Waals surface area contributed by atoms with Gasteiger partial charge >= 0.3 is 53.6 Å². The Morgan fingerprint density at radius 2 is 1.07 bits per heavy atom. The summed E-state index contributed by atoms with van der Waals surface area (Å²) in [5, 5.41) is 0. The predicted octanol–water partition coefficient (Wildman–Crippen LogP) is 5.81. The summed E-state index contributed by atoms with van der Waals surface area (Å²) in [5.41, 5.74) is -3.25. The van der Waals surface area contributed by atoms with E-state index in [1.54, 1.807) is 11.6 Å². The standard InChI is InChI=1S/C17H16F17NO4S/c1-3-4-7-40(37,38)35-5-6-39-9(36)8(2)10(18,19)11(20,21)12(22,23)13(24,25)14(26,27)15(28,29)16(30,31)17(32,33)34/h35H,2-7H2,1H3. The fourth-order valence-electron chi connectivity index (χ4n) is 2.32. The number of sulfonamides is 1. The van der Waals surface area contributed by atoms with Gasteiger partial charge in [0, 0.05) is 6.54 Å². The summed E-state index contributed by atoms with van der Waals surface area (Å²) in [4.78, 5) is 11.5. The predicted molar refractivity (Wildman–Crippen MR) is 97.5 cm³/mol. The van der Waals surface area contributed by atoms with Gasteiger partial charge in [-0.2, -0.15) is 74.6 Å². The van der Waals surface area contributed by atoms with Gasteiger partial charge in [0.15, 0.2) is 0 Å². The third-order valence-electron chi connectivity index (χ3n) is 4.77.